The molecule has 0 bridgehead atoms. The van der Waals surface area contributed by atoms with Crippen LogP contribution in [0.15, 0.2) is 88.3 Å². The molecule has 2 heterocycles. The van der Waals surface area contributed by atoms with E-state index in [0.717, 1.165) is 61.6 Å². The van der Waals surface area contributed by atoms with Gasteiger partial charge in [-0.25, -0.2) is 0 Å². The molecule has 3 aromatic carbocycles. The van der Waals surface area contributed by atoms with Crippen LogP contribution in [0.3, 0.4) is 0 Å². The molecule has 1 N–H and O–H groups in total. The minimum atomic E-state index is 0.500. The van der Waals surface area contributed by atoms with E-state index in [1.165, 1.54) is 11.9 Å². The van der Waals surface area contributed by atoms with Gasteiger partial charge in [0.1, 0.15) is 12.4 Å². The van der Waals surface area contributed by atoms with Gasteiger partial charge >= 0.3 is 0 Å². The Balaban J connectivity index is 1.31. The van der Waals surface area contributed by atoms with Gasteiger partial charge in [-0.15, -0.1) is 0 Å². The highest BCUT2D eigenvalue weighted by molar-refractivity contribution is 8.00. The fourth-order valence-corrected chi connectivity index (χ4v) is 4.68. The summed E-state index contributed by atoms with van der Waals surface area (Å²) in [7, 11) is 0. The van der Waals surface area contributed by atoms with E-state index in [4.69, 9.17) is 14.2 Å². The minimum Gasteiger partial charge on any atom is -0.488 e. The number of aryl methyl sites for hydroxylation is 2. The molecule has 2 aromatic heterocycles. The Morgan fingerprint density at radius 2 is 1.71 bits per heavy atom. The van der Waals surface area contributed by atoms with E-state index in [2.05, 4.69) is 71.4 Å². The molecule has 0 saturated heterocycles. The van der Waals surface area contributed by atoms with Crippen molar-refractivity contribution < 1.29 is 9.26 Å². The lowest BCUT2D eigenvalue weighted by molar-refractivity contribution is 0.309. The van der Waals surface area contributed by atoms with Gasteiger partial charge in [0.25, 0.3) is 0 Å². The molecule has 176 valence electrons. The number of rotatable bonds is 8. The summed E-state index contributed by atoms with van der Waals surface area (Å²) in [5.74, 6) is 1.56. The Bertz CT molecular complexity index is 1460. The molecule has 0 radical (unpaired) electrons. The van der Waals surface area contributed by atoms with Crippen molar-refractivity contribution in [1.82, 2.24) is 10.1 Å². The van der Waals surface area contributed by atoms with E-state index in [0.29, 0.717) is 12.5 Å². The maximum absolute atomic E-state index is 6.25. The van der Waals surface area contributed by atoms with Gasteiger partial charge in [0, 0.05) is 27.6 Å². The summed E-state index contributed by atoms with van der Waals surface area (Å²) in [4.78, 5) is 5.82. The predicted octanol–water partition coefficient (Wildman–Crippen LogP) is 7.77. The van der Waals surface area contributed by atoms with Crippen LogP contribution >= 0.6 is 11.9 Å². The molecule has 0 aliphatic carbocycles. The Hall–Kier alpha value is -3.77. The van der Waals surface area contributed by atoms with Gasteiger partial charge in [-0.3, -0.25) is 9.71 Å². The number of hydrogen-bond donors (Lipinski definition) is 1. The summed E-state index contributed by atoms with van der Waals surface area (Å²) in [5, 5.41) is 5.06. The number of fused-ring (bicyclic) bond motifs is 1. The zero-order valence-electron chi connectivity index (χ0n) is 20.0. The van der Waals surface area contributed by atoms with E-state index >= 15 is 0 Å². The van der Waals surface area contributed by atoms with Gasteiger partial charge in [0.05, 0.1) is 11.2 Å². The van der Waals surface area contributed by atoms with Gasteiger partial charge in [0.15, 0.2) is 0 Å². The Morgan fingerprint density at radius 3 is 2.49 bits per heavy atom. The first kappa shape index (κ1) is 23.0. The molecule has 0 atom stereocenters. The Morgan fingerprint density at radius 1 is 0.943 bits per heavy atom. The van der Waals surface area contributed by atoms with E-state index in [1.54, 1.807) is 0 Å². The van der Waals surface area contributed by atoms with Crippen molar-refractivity contribution in [3.8, 4) is 16.9 Å². The molecule has 35 heavy (non-hydrogen) atoms. The molecule has 0 spiro atoms. The number of anilines is 1. The number of benzene rings is 3. The second kappa shape index (κ2) is 10.2. The maximum atomic E-state index is 6.25. The Kier molecular flexibility index (Phi) is 6.73. The molecule has 5 nitrogen and oxygen atoms in total. The zero-order chi connectivity index (χ0) is 24.2. The smallest absolute Gasteiger partial charge is 0.237 e. The first-order valence-electron chi connectivity index (χ1n) is 11.7. The topological polar surface area (TPSA) is 60.2 Å². The average molecular weight is 482 g/mol. The fourth-order valence-electron chi connectivity index (χ4n) is 3.84. The summed E-state index contributed by atoms with van der Waals surface area (Å²) < 4.78 is 14.9. The maximum Gasteiger partial charge on any atom is 0.237 e. The molecule has 0 amide bonds. The summed E-state index contributed by atoms with van der Waals surface area (Å²) in [6.07, 6.45) is 0.873. The summed E-state index contributed by atoms with van der Waals surface area (Å²) in [5.41, 5.74) is 7.33. The molecule has 0 aliphatic rings. The van der Waals surface area contributed by atoms with Crippen LogP contribution in [-0.2, 0) is 13.0 Å². The number of nitrogens with zero attached hydrogens (tertiary/aromatic N) is 2. The monoisotopic (exact) mass is 481 g/mol. The van der Waals surface area contributed by atoms with Crippen LogP contribution in [-0.4, -0.2) is 10.1 Å². The van der Waals surface area contributed by atoms with Gasteiger partial charge < -0.3 is 9.26 Å². The Labute approximate surface area is 209 Å². The van der Waals surface area contributed by atoms with Crippen LogP contribution in [0.1, 0.15) is 29.4 Å². The molecule has 0 fully saturated rings. The van der Waals surface area contributed by atoms with Gasteiger partial charge in [-0.1, -0.05) is 66.7 Å². The molecule has 0 saturated carbocycles. The quantitative estimate of drug-likeness (QED) is 0.228. The third-order valence-electron chi connectivity index (χ3n) is 6.05. The second-order valence-corrected chi connectivity index (χ2v) is 9.24. The van der Waals surface area contributed by atoms with Crippen molar-refractivity contribution in [2.45, 2.75) is 38.7 Å². The average Bonchev–Trinajstić information content (AvgIpc) is 3.23. The van der Waals surface area contributed by atoms with E-state index in [1.807, 2.05) is 38.1 Å². The first-order chi connectivity index (χ1) is 17.1. The van der Waals surface area contributed by atoms with Crippen LogP contribution in [0, 0.1) is 13.8 Å². The van der Waals surface area contributed by atoms with Gasteiger partial charge in [0.2, 0.25) is 5.88 Å². The van der Waals surface area contributed by atoms with Crippen LogP contribution in [0.5, 0.6) is 5.75 Å². The van der Waals surface area contributed by atoms with Gasteiger partial charge in [-0.05, 0) is 67.1 Å². The fraction of sp³-hybridized carbons (Fsp3) is 0.172. The molecule has 0 aliphatic heterocycles. The molecule has 0 unspecified atom stereocenters. The largest absolute Gasteiger partial charge is 0.488 e. The highest BCUT2D eigenvalue weighted by Gasteiger charge is 2.11. The predicted molar refractivity (Wildman–Crippen MR) is 143 cm³/mol. The lowest BCUT2D eigenvalue weighted by Gasteiger charge is -2.12. The van der Waals surface area contributed by atoms with E-state index < -0.39 is 0 Å². The molecule has 5 aromatic rings. The molecular formula is C29H27N3O2S. The first-order valence-corrected chi connectivity index (χ1v) is 12.5. The van der Waals surface area contributed by atoms with Crippen molar-refractivity contribution in [3.05, 3.63) is 101 Å². The highest BCUT2D eigenvalue weighted by Crippen LogP contribution is 2.33. The molecule has 5 rings (SSSR count). The third-order valence-corrected chi connectivity index (χ3v) is 6.91. The van der Waals surface area contributed by atoms with Crippen molar-refractivity contribution in [3.63, 3.8) is 0 Å². The number of nitrogens with one attached hydrogen (secondary N) is 1. The van der Waals surface area contributed by atoms with Crippen LogP contribution < -0.4 is 9.46 Å². The number of pyridine rings is 1. The SMILES string of the molecule is CCc1cc(OCc2ccc(-c3ccccc3SNc3onc(C)c3C)cc2)c2ccccc2n1. The minimum absolute atomic E-state index is 0.500. The number of hydrogen-bond acceptors (Lipinski definition) is 6. The van der Waals surface area contributed by atoms with Crippen LogP contribution in [0.2, 0.25) is 0 Å². The van der Waals surface area contributed by atoms with Crippen molar-refractivity contribution in [2.75, 3.05) is 4.72 Å². The number of aromatic nitrogens is 2. The van der Waals surface area contributed by atoms with E-state index in [9.17, 15) is 0 Å². The highest BCUT2D eigenvalue weighted by atomic mass is 32.2. The normalized spacial score (nSPS) is 11.1. The van der Waals surface area contributed by atoms with Gasteiger partial charge in [-0.2, -0.15) is 0 Å². The van der Waals surface area contributed by atoms with E-state index in [-0.39, 0.29) is 0 Å². The van der Waals surface area contributed by atoms with Crippen molar-refractivity contribution in [2.24, 2.45) is 0 Å². The molecular weight excluding hydrogens is 454 g/mol. The third kappa shape index (κ3) is 5.03. The summed E-state index contributed by atoms with van der Waals surface area (Å²) >= 11 is 1.52. The van der Waals surface area contributed by atoms with Crippen molar-refractivity contribution in [1.29, 1.82) is 0 Å². The standard InChI is InChI=1S/C29H27N3O2S/c1-4-23-17-27(25-10-5-7-11-26(25)30-23)33-18-21-13-15-22(16-14-21)24-9-6-8-12-28(24)35-32-29-19(2)20(3)31-34-29/h5-17,32H,4,18H2,1-3H3. The summed E-state index contributed by atoms with van der Waals surface area (Å²) in [6.45, 7) is 6.55. The van der Waals surface area contributed by atoms with Crippen LogP contribution in [0.25, 0.3) is 22.0 Å². The lowest BCUT2D eigenvalue weighted by Crippen LogP contribution is -1.98. The van der Waals surface area contributed by atoms with Crippen LogP contribution in [0.4, 0.5) is 5.88 Å². The zero-order valence-corrected chi connectivity index (χ0v) is 20.9. The number of ether oxygens (including phenoxy) is 1. The summed E-state index contributed by atoms with van der Waals surface area (Å²) in [6, 6.07) is 27.0. The number of para-hydroxylation sites is 1. The lowest BCUT2D eigenvalue weighted by atomic mass is 10.0. The second-order valence-electron chi connectivity index (χ2n) is 8.39. The molecule has 6 heteroatoms. The van der Waals surface area contributed by atoms with Crippen molar-refractivity contribution >= 4 is 28.7 Å².